The summed E-state index contributed by atoms with van der Waals surface area (Å²) in [4.78, 5) is 26.4. The van der Waals surface area contributed by atoms with Crippen LogP contribution in [0.2, 0.25) is 0 Å². The molecular formula is C24H27N5O2. The molecule has 31 heavy (non-hydrogen) atoms. The third-order valence-corrected chi connectivity index (χ3v) is 5.09. The zero-order valence-corrected chi connectivity index (χ0v) is 17.8. The van der Waals surface area contributed by atoms with Gasteiger partial charge < -0.3 is 10.6 Å². The lowest BCUT2D eigenvalue weighted by Crippen LogP contribution is -2.39. The number of carbonyl (C=O) groups excluding carboxylic acids is 2. The maximum atomic E-state index is 12.7. The standard InChI is InChI=1S/C24H27N5O2/c1-17-8-10-18(11-9-17)21-14-22(29(27-21)20-6-4-3-5-7-20)26-24(31)16-28(2)15-23(30)25-19-12-13-19/h3-11,14,19H,12-13,15-16H2,1-2H3,(H,25,30)(H,26,31). The van der Waals surface area contributed by atoms with Crippen molar-refractivity contribution in [1.29, 1.82) is 0 Å². The molecule has 1 saturated carbocycles. The lowest BCUT2D eigenvalue weighted by atomic mass is 10.1. The lowest BCUT2D eigenvalue weighted by molar-refractivity contribution is -0.123. The molecule has 7 heteroatoms. The van der Waals surface area contributed by atoms with Crippen molar-refractivity contribution in [1.82, 2.24) is 20.0 Å². The highest BCUT2D eigenvalue weighted by Gasteiger charge is 2.24. The van der Waals surface area contributed by atoms with Gasteiger partial charge in [0.2, 0.25) is 11.8 Å². The first-order chi connectivity index (χ1) is 15.0. The number of aromatic nitrogens is 2. The highest BCUT2D eigenvalue weighted by atomic mass is 16.2. The highest BCUT2D eigenvalue weighted by Crippen LogP contribution is 2.25. The van der Waals surface area contributed by atoms with Gasteiger partial charge in [-0.2, -0.15) is 5.10 Å². The maximum Gasteiger partial charge on any atom is 0.239 e. The predicted octanol–water partition coefficient (Wildman–Crippen LogP) is 3.00. The van der Waals surface area contributed by atoms with E-state index in [0.29, 0.717) is 11.9 Å². The van der Waals surface area contributed by atoms with Gasteiger partial charge >= 0.3 is 0 Å². The van der Waals surface area contributed by atoms with Gasteiger partial charge in [-0.05, 0) is 38.9 Å². The van der Waals surface area contributed by atoms with Crippen LogP contribution in [0.1, 0.15) is 18.4 Å². The number of benzene rings is 2. The van der Waals surface area contributed by atoms with E-state index >= 15 is 0 Å². The molecule has 4 rings (SSSR count). The molecule has 2 N–H and O–H groups in total. The molecule has 160 valence electrons. The Morgan fingerprint density at radius 2 is 1.71 bits per heavy atom. The number of nitrogens with zero attached hydrogens (tertiary/aromatic N) is 3. The molecule has 0 saturated heterocycles. The average molecular weight is 418 g/mol. The molecule has 0 bridgehead atoms. The van der Waals surface area contributed by atoms with E-state index in [2.05, 4.69) is 10.6 Å². The fourth-order valence-electron chi connectivity index (χ4n) is 3.33. The van der Waals surface area contributed by atoms with Gasteiger partial charge in [0.25, 0.3) is 0 Å². The lowest BCUT2D eigenvalue weighted by Gasteiger charge is -2.16. The minimum Gasteiger partial charge on any atom is -0.352 e. The van der Waals surface area contributed by atoms with E-state index in [0.717, 1.165) is 29.8 Å². The third kappa shape index (κ3) is 5.58. The number of aryl methyl sites for hydroxylation is 1. The van der Waals surface area contributed by atoms with Gasteiger partial charge in [-0.25, -0.2) is 4.68 Å². The zero-order valence-electron chi connectivity index (χ0n) is 17.8. The van der Waals surface area contributed by atoms with Crippen molar-refractivity contribution in [2.45, 2.75) is 25.8 Å². The molecule has 1 fully saturated rings. The van der Waals surface area contributed by atoms with Crippen LogP contribution in [0.5, 0.6) is 0 Å². The van der Waals surface area contributed by atoms with Crippen LogP contribution >= 0.6 is 0 Å². The Morgan fingerprint density at radius 3 is 2.39 bits per heavy atom. The van der Waals surface area contributed by atoms with Gasteiger partial charge in [-0.15, -0.1) is 0 Å². The predicted molar refractivity (Wildman–Crippen MR) is 121 cm³/mol. The normalized spacial score (nSPS) is 13.3. The van der Waals surface area contributed by atoms with Crippen molar-refractivity contribution in [2.75, 3.05) is 25.5 Å². The summed E-state index contributed by atoms with van der Waals surface area (Å²) < 4.78 is 1.73. The molecule has 0 atom stereocenters. The van der Waals surface area contributed by atoms with Crippen LogP contribution in [-0.2, 0) is 9.59 Å². The molecule has 0 radical (unpaired) electrons. The van der Waals surface area contributed by atoms with E-state index in [9.17, 15) is 9.59 Å². The Labute approximate surface area is 182 Å². The molecule has 0 aliphatic heterocycles. The fraction of sp³-hybridized carbons (Fsp3) is 0.292. The second-order valence-corrected chi connectivity index (χ2v) is 8.09. The summed E-state index contributed by atoms with van der Waals surface area (Å²) in [6.45, 7) is 2.34. The molecule has 1 aromatic heterocycles. The number of likely N-dealkylation sites (N-methyl/N-ethyl adjacent to an activating group) is 1. The molecule has 1 aliphatic rings. The van der Waals surface area contributed by atoms with Crippen molar-refractivity contribution in [3.05, 3.63) is 66.2 Å². The molecule has 0 unspecified atom stereocenters. The summed E-state index contributed by atoms with van der Waals surface area (Å²) in [7, 11) is 1.76. The summed E-state index contributed by atoms with van der Waals surface area (Å²) in [5.41, 5.74) is 3.78. The second-order valence-electron chi connectivity index (χ2n) is 8.09. The van der Waals surface area contributed by atoms with Gasteiger partial charge in [0.15, 0.2) is 0 Å². The van der Waals surface area contributed by atoms with Crippen LogP contribution in [-0.4, -0.2) is 52.7 Å². The first-order valence-corrected chi connectivity index (χ1v) is 10.5. The Hall–Kier alpha value is -3.45. The quantitative estimate of drug-likeness (QED) is 0.591. The van der Waals surface area contributed by atoms with Crippen LogP contribution in [0.4, 0.5) is 5.82 Å². The van der Waals surface area contributed by atoms with E-state index in [4.69, 9.17) is 5.10 Å². The molecule has 0 spiro atoms. The van der Waals surface area contributed by atoms with E-state index in [-0.39, 0.29) is 24.9 Å². The van der Waals surface area contributed by atoms with Gasteiger partial charge in [0.05, 0.1) is 24.5 Å². The number of carbonyl (C=O) groups is 2. The van der Waals surface area contributed by atoms with Crippen LogP contribution in [0, 0.1) is 6.92 Å². The summed E-state index contributed by atoms with van der Waals surface area (Å²) in [6, 6.07) is 20.0. The number of anilines is 1. The SMILES string of the molecule is Cc1ccc(-c2cc(NC(=O)CN(C)CC(=O)NC3CC3)n(-c3ccccc3)n2)cc1. The number of para-hydroxylation sites is 1. The van der Waals surface area contributed by atoms with Crippen molar-refractivity contribution < 1.29 is 9.59 Å². The first-order valence-electron chi connectivity index (χ1n) is 10.5. The summed E-state index contributed by atoms with van der Waals surface area (Å²) in [6.07, 6.45) is 2.09. The van der Waals surface area contributed by atoms with Crippen molar-refractivity contribution in [2.24, 2.45) is 0 Å². The molecule has 7 nitrogen and oxygen atoms in total. The summed E-state index contributed by atoms with van der Waals surface area (Å²) in [5.74, 6) is 0.339. The molecular weight excluding hydrogens is 390 g/mol. The third-order valence-electron chi connectivity index (χ3n) is 5.09. The minimum absolute atomic E-state index is 0.0474. The van der Waals surface area contributed by atoms with Crippen LogP contribution in [0.25, 0.3) is 16.9 Å². The molecule has 1 aliphatic carbocycles. The van der Waals surface area contributed by atoms with Gasteiger partial charge in [0, 0.05) is 17.7 Å². The second kappa shape index (κ2) is 9.14. The molecule has 2 aromatic carbocycles. The van der Waals surface area contributed by atoms with Gasteiger partial charge in [-0.3, -0.25) is 14.5 Å². The summed E-state index contributed by atoms with van der Waals surface area (Å²) in [5, 5.41) is 10.6. The van der Waals surface area contributed by atoms with Crippen LogP contribution in [0.15, 0.2) is 60.7 Å². The Bertz CT molecular complexity index is 1060. The number of hydrogen-bond donors (Lipinski definition) is 2. The zero-order chi connectivity index (χ0) is 21.8. The fourth-order valence-corrected chi connectivity index (χ4v) is 3.33. The number of amides is 2. The molecule has 3 aromatic rings. The van der Waals surface area contributed by atoms with E-state index in [1.54, 1.807) is 16.6 Å². The average Bonchev–Trinajstić information content (AvgIpc) is 3.45. The van der Waals surface area contributed by atoms with Gasteiger partial charge in [-0.1, -0.05) is 48.0 Å². The minimum atomic E-state index is -0.200. The Morgan fingerprint density at radius 1 is 1.03 bits per heavy atom. The molecule has 1 heterocycles. The number of nitrogens with one attached hydrogen (secondary N) is 2. The largest absolute Gasteiger partial charge is 0.352 e. The van der Waals surface area contributed by atoms with Crippen molar-refractivity contribution in [3.8, 4) is 16.9 Å². The van der Waals surface area contributed by atoms with Crippen molar-refractivity contribution >= 4 is 17.6 Å². The number of rotatable bonds is 8. The van der Waals surface area contributed by atoms with Crippen molar-refractivity contribution in [3.63, 3.8) is 0 Å². The van der Waals surface area contributed by atoms with Crippen LogP contribution < -0.4 is 10.6 Å². The topological polar surface area (TPSA) is 79.3 Å². The smallest absolute Gasteiger partial charge is 0.239 e. The van der Waals surface area contributed by atoms with E-state index in [1.807, 2.05) is 67.6 Å². The first kappa shape index (κ1) is 20.8. The number of hydrogen-bond acceptors (Lipinski definition) is 4. The summed E-state index contributed by atoms with van der Waals surface area (Å²) >= 11 is 0. The van der Waals surface area contributed by atoms with E-state index < -0.39 is 0 Å². The van der Waals surface area contributed by atoms with Crippen LogP contribution in [0.3, 0.4) is 0 Å². The Kier molecular flexibility index (Phi) is 6.13. The van der Waals surface area contributed by atoms with E-state index in [1.165, 1.54) is 5.56 Å². The maximum absolute atomic E-state index is 12.7. The van der Waals surface area contributed by atoms with Gasteiger partial charge in [0.1, 0.15) is 5.82 Å². The molecule has 2 amide bonds. The monoisotopic (exact) mass is 417 g/mol. The Balaban J connectivity index is 1.49. The highest BCUT2D eigenvalue weighted by molar-refractivity contribution is 5.92.